The van der Waals surface area contributed by atoms with E-state index in [4.69, 9.17) is 20.9 Å². The van der Waals surface area contributed by atoms with Gasteiger partial charge in [0.2, 0.25) is 0 Å². The number of ether oxygens (including phenoxy) is 1. The summed E-state index contributed by atoms with van der Waals surface area (Å²) in [7, 11) is 0. The highest BCUT2D eigenvalue weighted by atomic mass is 35.5. The van der Waals surface area contributed by atoms with E-state index in [-0.39, 0.29) is 12.3 Å². The van der Waals surface area contributed by atoms with E-state index in [0.29, 0.717) is 16.5 Å². The van der Waals surface area contributed by atoms with Crippen LogP contribution in [-0.2, 0) is 4.79 Å². The fourth-order valence-electron chi connectivity index (χ4n) is 2.05. The van der Waals surface area contributed by atoms with Crippen LogP contribution in [0.3, 0.4) is 0 Å². The number of halogens is 1. The molecule has 0 aliphatic carbocycles. The van der Waals surface area contributed by atoms with Crippen molar-refractivity contribution in [3.05, 3.63) is 71.4 Å². The molecule has 2 amide bonds. The van der Waals surface area contributed by atoms with Crippen LogP contribution in [0.25, 0.3) is 11.3 Å². The predicted molar refractivity (Wildman–Crippen MR) is 94.5 cm³/mol. The second-order valence-electron chi connectivity index (χ2n) is 5.16. The standard InChI is InChI=1S/C18H14ClN3O4/c19-13-8-4-5-9-15(13)25-11-17(23)20-21-18(24)14-10-16(26-22-14)12-6-2-1-3-7-12/h1-10H,11H2,(H,20,23)(H,21,24). The molecular formula is C18H14ClN3O4. The lowest BCUT2D eigenvalue weighted by atomic mass is 10.1. The van der Waals surface area contributed by atoms with E-state index >= 15 is 0 Å². The quantitative estimate of drug-likeness (QED) is 0.673. The third-order valence-corrected chi connectivity index (χ3v) is 3.62. The topological polar surface area (TPSA) is 93.5 Å². The van der Waals surface area contributed by atoms with Crippen LogP contribution in [0.4, 0.5) is 0 Å². The average Bonchev–Trinajstić information content (AvgIpc) is 3.16. The SMILES string of the molecule is O=C(COc1ccccc1Cl)NNC(=O)c1cc(-c2ccccc2)on1. The minimum absolute atomic E-state index is 0.0381. The molecule has 0 unspecified atom stereocenters. The summed E-state index contributed by atoms with van der Waals surface area (Å²) >= 11 is 5.92. The van der Waals surface area contributed by atoms with E-state index in [1.165, 1.54) is 6.07 Å². The molecule has 1 aromatic heterocycles. The number of aromatic nitrogens is 1. The van der Waals surface area contributed by atoms with Crippen LogP contribution in [0.15, 0.2) is 65.2 Å². The number of carbonyl (C=O) groups is 2. The van der Waals surface area contributed by atoms with Gasteiger partial charge in [-0.2, -0.15) is 0 Å². The molecule has 0 radical (unpaired) electrons. The van der Waals surface area contributed by atoms with Crippen LogP contribution in [0.5, 0.6) is 5.75 Å². The molecule has 3 aromatic rings. The molecule has 0 spiro atoms. The van der Waals surface area contributed by atoms with E-state index in [9.17, 15) is 9.59 Å². The monoisotopic (exact) mass is 371 g/mol. The molecule has 132 valence electrons. The van der Waals surface area contributed by atoms with Crippen LogP contribution in [-0.4, -0.2) is 23.6 Å². The molecule has 0 aliphatic heterocycles. The van der Waals surface area contributed by atoms with Crippen molar-refractivity contribution in [1.29, 1.82) is 0 Å². The molecule has 0 aliphatic rings. The molecule has 0 saturated heterocycles. The van der Waals surface area contributed by atoms with Crippen molar-refractivity contribution < 1.29 is 18.8 Å². The Bertz CT molecular complexity index is 912. The molecule has 7 nitrogen and oxygen atoms in total. The molecule has 2 aromatic carbocycles. The summed E-state index contributed by atoms with van der Waals surface area (Å²) in [5, 5.41) is 4.08. The van der Waals surface area contributed by atoms with Gasteiger partial charge in [-0.05, 0) is 12.1 Å². The van der Waals surface area contributed by atoms with Gasteiger partial charge in [0.05, 0.1) is 5.02 Å². The molecule has 0 bridgehead atoms. The molecule has 8 heteroatoms. The zero-order valence-corrected chi connectivity index (χ0v) is 14.2. The summed E-state index contributed by atoms with van der Waals surface area (Å²) in [6.07, 6.45) is 0. The largest absolute Gasteiger partial charge is 0.482 e. The van der Waals surface area contributed by atoms with Crippen LogP contribution in [0, 0.1) is 0 Å². The normalized spacial score (nSPS) is 10.2. The van der Waals surface area contributed by atoms with Crippen molar-refractivity contribution in [2.24, 2.45) is 0 Å². The van der Waals surface area contributed by atoms with Crippen molar-refractivity contribution in [2.45, 2.75) is 0 Å². The minimum atomic E-state index is -0.609. The molecule has 0 fully saturated rings. The summed E-state index contributed by atoms with van der Waals surface area (Å²) in [6, 6.07) is 17.5. The lowest BCUT2D eigenvalue weighted by molar-refractivity contribution is -0.123. The fourth-order valence-corrected chi connectivity index (χ4v) is 2.24. The van der Waals surface area contributed by atoms with Gasteiger partial charge in [0, 0.05) is 11.6 Å². The molecule has 1 heterocycles. The Morgan fingerprint density at radius 3 is 2.54 bits per heavy atom. The molecule has 2 N–H and O–H groups in total. The number of rotatable bonds is 5. The Balaban J connectivity index is 1.50. The molecular weight excluding hydrogens is 358 g/mol. The Morgan fingerprint density at radius 1 is 1.04 bits per heavy atom. The maximum atomic E-state index is 12.0. The maximum Gasteiger partial charge on any atom is 0.291 e. The highest BCUT2D eigenvalue weighted by Gasteiger charge is 2.14. The van der Waals surface area contributed by atoms with Gasteiger partial charge in [-0.3, -0.25) is 20.4 Å². The van der Waals surface area contributed by atoms with Crippen LogP contribution < -0.4 is 15.6 Å². The Kier molecular flexibility index (Phi) is 5.50. The summed E-state index contributed by atoms with van der Waals surface area (Å²) in [5.74, 6) is -0.337. The first-order valence-electron chi connectivity index (χ1n) is 7.62. The number of hydrogen-bond acceptors (Lipinski definition) is 5. The summed E-state index contributed by atoms with van der Waals surface area (Å²) in [4.78, 5) is 23.8. The summed E-state index contributed by atoms with van der Waals surface area (Å²) in [6.45, 7) is -0.307. The number of amides is 2. The highest BCUT2D eigenvalue weighted by molar-refractivity contribution is 6.32. The van der Waals surface area contributed by atoms with Gasteiger partial charge in [0.15, 0.2) is 18.1 Å². The fraction of sp³-hybridized carbons (Fsp3) is 0.0556. The van der Waals surface area contributed by atoms with Crippen molar-refractivity contribution in [2.75, 3.05) is 6.61 Å². The summed E-state index contributed by atoms with van der Waals surface area (Å²) in [5.41, 5.74) is 5.30. The number of carbonyl (C=O) groups excluding carboxylic acids is 2. The highest BCUT2D eigenvalue weighted by Crippen LogP contribution is 2.22. The first-order valence-corrected chi connectivity index (χ1v) is 8.00. The van der Waals surface area contributed by atoms with Gasteiger partial charge in [0.25, 0.3) is 11.8 Å². The molecule has 3 rings (SSSR count). The Morgan fingerprint density at radius 2 is 1.77 bits per heavy atom. The van der Waals surface area contributed by atoms with Crippen molar-refractivity contribution >= 4 is 23.4 Å². The van der Waals surface area contributed by atoms with Gasteiger partial charge < -0.3 is 9.26 Å². The van der Waals surface area contributed by atoms with Gasteiger partial charge in [0.1, 0.15) is 5.75 Å². The van der Waals surface area contributed by atoms with E-state index in [1.54, 1.807) is 24.3 Å². The number of hydrazine groups is 1. The van der Waals surface area contributed by atoms with Gasteiger partial charge in [-0.15, -0.1) is 0 Å². The van der Waals surface area contributed by atoms with E-state index in [0.717, 1.165) is 5.56 Å². The van der Waals surface area contributed by atoms with Gasteiger partial charge in [-0.25, -0.2) is 0 Å². The molecule has 0 saturated carbocycles. The number of hydrogen-bond donors (Lipinski definition) is 2. The smallest absolute Gasteiger partial charge is 0.291 e. The third kappa shape index (κ3) is 4.40. The minimum Gasteiger partial charge on any atom is -0.482 e. The number of benzene rings is 2. The lowest BCUT2D eigenvalue weighted by Gasteiger charge is -2.08. The second-order valence-corrected chi connectivity index (χ2v) is 5.57. The summed E-state index contributed by atoms with van der Waals surface area (Å²) < 4.78 is 10.4. The number of para-hydroxylation sites is 1. The lowest BCUT2D eigenvalue weighted by Crippen LogP contribution is -2.43. The van der Waals surface area contributed by atoms with E-state index in [1.807, 2.05) is 30.3 Å². The zero-order valence-electron chi connectivity index (χ0n) is 13.4. The molecule has 26 heavy (non-hydrogen) atoms. The predicted octanol–water partition coefficient (Wildman–Crippen LogP) is 2.84. The second kappa shape index (κ2) is 8.17. The van der Waals surface area contributed by atoms with Gasteiger partial charge >= 0.3 is 0 Å². The maximum absolute atomic E-state index is 12.0. The Hall–Kier alpha value is -3.32. The van der Waals surface area contributed by atoms with Gasteiger partial charge in [-0.1, -0.05) is 59.2 Å². The van der Waals surface area contributed by atoms with Crippen LogP contribution in [0.1, 0.15) is 10.5 Å². The van der Waals surface area contributed by atoms with E-state index < -0.39 is 11.8 Å². The third-order valence-electron chi connectivity index (χ3n) is 3.31. The van der Waals surface area contributed by atoms with Crippen molar-refractivity contribution in [3.8, 4) is 17.1 Å². The van der Waals surface area contributed by atoms with Crippen LogP contribution in [0.2, 0.25) is 5.02 Å². The first-order chi connectivity index (χ1) is 12.6. The van der Waals surface area contributed by atoms with Crippen molar-refractivity contribution in [3.63, 3.8) is 0 Å². The number of nitrogens with one attached hydrogen (secondary N) is 2. The zero-order chi connectivity index (χ0) is 18.4. The first kappa shape index (κ1) is 17.5. The molecule has 0 atom stereocenters. The van der Waals surface area contributed by atoms with Crippen molar-refractivity contribution in [1.82, 2.24) is 16.0 Å². The Labute approximate surface area is 153 Å². The van der Waals surface area contributed by atoms with Crippen LogP contribution >= 0.6 is 11.6 Å². The average molecular weight is 372 g/mol. The number of nitrogens with zero attached hydrogens (tertiary/aromatic N) is 1. The van der Waals surface area contributed by atoms with E-state index in [2.05, 4.69) is 16.0 Å².